The molecule has 0 aromatic rings. The SMILES string of the molecule is CC[C@H](CC[C@@H](C)[C@H]1CC[C@H]2[C@@H]3CC[C@H]4CC(=O)CC[C@]4(C)[C@@]3(Br)[C@@H](O)C[C@]12C)C(C)C. The van der Waals surface area contributed by atoms with Gasteiger partial charge < -0.3 is 5.11 Å². The number of ketones is 1. The number of hydrogen-bond acceptors (Lipinski definition) is 2. The summed E-state index contributed by atoms with van der Waals surface area (Å²) in [6.07, 6.45) is 12.0. The maximum absolute atomic E-state index is 12.3. The summed E-state index contributed by atoms with van der Waals surface area (Å²) in [7, 11) is 0. The highest BCUT2D eigenvalue weighted by molar-refractivity contribution is 9.10. The van der Waals surface area contributed by atoms with Crippen LogP contribution in [0.5, 0.6) is 0 Å². The lowest BCUT2D eigenvalue weighted by Crippen LogP contribution is -2.68. The van der Waals surface area contributed by atoms with Crippen LogP contribution in [0.4, 0.5) is 0 Å². The van der Waals surface area contributed by atoms with E-state index in [1.807, 2.05) is 0 Å². The van der Waals surface area contributed by atoms with Gasteiger partial charge in [-0.05, 0) is 97.2 Å². The van der Waals surface area contributed by atoms with Crippen LogP contribution in [-0.2, 0) is 4.79 Å². The van der Waals surface area contributed by atoms with Crippen LogP contribution in [0.25, 0.3) is 0 Å². The van der Waals surface area contributed by atoms with E-state index in [0.717, 1.165) is 42.9 Å². The van der Waals surface area contributed by atoms with E-state index in [1.165, 1.54) is 44.9 Å². The van der Waals surface area contributed by atoms with Crippen LogP contribution in [-0.4, -0.2) is 21.3 Å². The van der Waals surface area contributed by atoms with E-state index in [0.29, 0.717) is 30.0 Å². The summed E-state index contributed by atoms with van der Waals surface area (Å²) in [5, 5.41) is 11.8. The van der Waals surface area contributed by atoms with Gasteiger partial charge in [-0.1, -0.05) is 70.3 Å². The van der Waals surface area contributed by atoms with Crippen molar-refractivity contribution in [3.8, 4) is 0 Å². The Bertz CT molecular complexity index is 705. The molecule has 3 heteroatoms. The second kappa shape index (κ2) is 8.96. The third kappa shape index (κ3) is 3.69. The first kappa shape index (κ1) is 25.2. The average Bonchev–Trinajstić information content (AvgIpc) is 3.06. The fourth-order valence-electron chi connectivity index (χ4n) is 9.71. The summed E-state index contributed by atoms with van der Waals surface area (Å²) >= 11 is 4.29. The van der Waals surface area contributed by atoms with Crippen LogP contribution in [0.2, 0.25) is 0 Å². The van der Waals surface area contributed by atoms with Crippen LogP contribution in [0.15, 0.2) is 0 Å². The lowest BCUT2D eigenvalue weighted by molar-refractivity contribution is -0.155. The summed E-state index contributed by atoms with van der Waals surface area (Å²) in [6.45, 7) is 14.6. The average molecular weight is 510 g/mol. The van der Waals surface area contributed by atoms with E-state index in [-0.39, 0.29) is 21.3 Å². The molecule has 4 aliphatic rings. The van der Waals surface area contributed by atoms with Crippen molar-refractivity contribution in [1.29, 1.82) is 0 Å². The first-order chi connectivity index (χ1) is 15.0. The van der Waals surface area contributed by atoms with Gasteiger partial charge >= 0.3 is 0 Å². The molecule has 0 spiro atoms. The molecular weight excluding hydrogens is 460 g/mol. The van der Waals surface area contributed by atoms with Crippen molar-refractivity contribution in [2.75, 3.05) is 0 Å². The number of carbonyl (C=O) groups is 1. The first-order valence-corrected chi connectivity index (χ1v) is 14.7. The van der Waals surface area contributed by atoms with Crippen LogP contribution in [0, 0.1) is 52.3 Å². The van der Waals surface area contributed by atoms with Gasteiger partial charge in [-0.15, -0.1) is 0 Å². The Kier molecular flexibility index (Phi) is 7.06. The standard InChI is InChI=1S/C29H49BrO2/c1-7-20(18(2)3)9-8-19(4)23-12-13-24-25-11-10-21-16-22(31)14-15-28(21,6)29(25,30)26(32)17-27(23,24)5/h18-21,23-26,32H,7-17H2,1-6H3/t19-,20-,21+,23-,24+,25+,26+,27-,28+,29+/m1/s1. The molecule has 32 heavy (non-hydrogen) atoms. The molecule has 4 aliphatic carbocycles. The Hall–Kier alpha value is 0.110. The lowest BCUT2D eigenvalue weighted by atomic mass is 9.43. The van der Waals surface area contributed by atoms with Gasteiger partial charge in [0.2, 0.25) is 0 Å². The second-order valence-electron chi connectivity index (χ2n) is 13.3. The second-order valence-corrected chi connectivity index (χ2v) is 14.6. The predicted molar refractivity (Wildman–Crippen MR) is 137 cm³/mol. The third-order valence-corrected chi connectivity index (χ3v) is 13.8. The summed E-state index contributed by atoms with van der Waals surface area (Å²) < 4.78 is -0.211. The van der Waals surface area contributed by atoms with Gasteiger partial charge in [-0.3, -0.25) is 4.79 Å². The van der Waals surface area contributed by atoms with E-state index in [9.17, 15) is 9.90 Å². The molecule has 0 radical (unpaired) electrons. The Morgan fingerprint density at radius 1 is 1.06 bits per heavy atom. The third-order valence-electron chi connectivity index (χ3n) is 11.8. The molecule has 0 aromatic heterocycles. The van der Waals surface area contributed by atoms with Gasteiger partial charge in [0.05, 0.1) is 10.4 Å². The van der Waals surface area contributed by atoms with E-state index in [4.69, 9.17) is 0 Å². The highest BCUT2D eigenvalue weighted by Crippen LogP contribution is 2.72. The molecule has 0 saturated heterocycles. The Morgan fingerprint density at radius 2 is 1.75 bits per heavy atom. The number of alkyl halides is 1. The Balaban J connectivity index is 1.55. The number of fused-ring (bicyclic) bond motifs is 5. The van der Waals surface area contributed by atoms with Crippen molar-refractivity contribution >= 4 is 21.7 Å². The minimum absolute atomic E-state index is 0.0416. The number of halogens is 1. The molecule has 184 valence electrons. The first-order valence-electron chi connectivity index (χ1n) is 13.9. The van der Waals surface area contributed by atoms with Gasteiger partial charge in [0.25, 0.3) is 0 Å². The molecule has 2 nitrogen and oxygen atoms in total. The number of hydrogen-bond donors (Lipinski definition) is 1. The quantitative estimate of drug-likeness (QED) is 0.371. The van der Waals surface area contributed by atoms with Crippen LogP contribution in [0.1, 0.15) is 112 Å². The molecule has 0 heterocycles. The van der Waals surface area contributed by atoms with Crippen molar-refractivity contribution in [3.05, 3.63) is 0 Å². The molecular formula is C29H49BrO2. The molecule has 10 atom stereocenters. The Labute approximate surface area is 206 Å². The van der Waals surface area contributed by atoms with Crippen molar-refractivity contribution in [1.82, 2.24) is 0 Å². The molecule has 0 amide bonds. The maximum Gasteiger partial charge on any atom is 0.133 e. The number of carbonyl (C=O) groups excluding carboxylic acids is 1. The Morgan fingerprint density at radius 3 is 2.41 bits per heavy atom. The van der Waals surface area contributed by atoms with Gasteiger partial charge in [0.1, 0.15) is 5.78 Å². The zero-order valence-corrected chi connectivity index (χ0v) is 23.2. The molecule has 4 rings (SSSR count). The van der Waals surface area contributed by atoms with Crippen LogP contribution < -0.4 is 0 Å². The summed E-state index contributed by atoms with van der Waals surface area (Å²) in [6, 6.07) is 0. The van der Waals surface area contributed by atoms with Crippen molar-refractivity contribution in [3.63, 3.8) is 0 Å². The molecule has 4 fully saturated rings. The summed E-state index contributed by atoms with van der Waals surface area (Å²) in [5.74, 6) is 5.24. The molecule has 1 N–H and O–H groups in total. The number of rotatable bonds is 6. The zero-order chi connectivity index (χ0) is 23.5. The van der Waals surface area contributed by atoms with Gasteiger partial charge in [0, 0.05) is 12.8 Å². The highest BCUT2D eigenvalue weighted by Gasteiger charge is 2.70. The topological polar surface area (TPSA) is 37.3 Å². The van der Waals surface area contributed by atoms with Gasteiger partial charge in [-0.2, -0.15) is 0 Å². The number of Topliss-reactive ketones (excluding diaryl/α,β-unsaturated/α-hetero) is 1. The molecule has 0 aliphatic heterocycles. The number of aliphatic hydroxyl groups is 1. The fourth-order valence-corrected chi connectivity index (χ4v) is 10.9. The predicted octanol–water partition coefficient (Wildman–Crippen LogP) is 7.80. The largest absolute Gasteiger partial charge is 0.392 e. The van der Waals surface area contributed by atoms with Crippen molar-refractivity contribution < 1.29 is 9.90 Å². The lowest BCUT2D eigenvalue weighted by Gasteiger charge is -2.66. The van der Waals surface area contributed by atoms with Gasteiger partial charge in [0.15, 0.2) is 0 Å². The monoisotopic (exact) mass is 508 g/mol. The summed E-state index contributed by atoms with van der Waals surface area (Å²) in [4.78, 5) is 12.3. The van der Waals surface area contributed by atoms with Crippen LogP contribution >= 0.6 is 15.9 Å². The van der Waals surface area contributed by atoms with E-state index < -0.39 is 0 Å². The van der Waals surface area contributed by atoms with E-state index in [2.05, 4.69) is 57.5 Å². The van der Waals surface area contributed by atoms with E-state index in [1.54, 1.807) is 0 Å². The molecule has 0 unspecified atom stereocenters. The highest BCUT2D eigenvalue weighted by atomic mass is 79.9. The smallest absolute Gasteiger partial charge is 0.133 e. The molecule has 0 aromatic carbocycles. The van der Waals surface area contributed by atoms with Crippen molar-refractivity contribution in [2.24, 2.45) is 52.3 Å². The van der Waals surface area contributed by atoms with Crippen molar-refractivity contribution in [2.45, 2.75) is 123 Å². The van der Waals surface area contributed by atoms with E-state index >= 15 is 0 Å². The minimum Gasteiger partial charge on any atom is -0.392 e. The maximum atomic E-state index is 12.3. The minimum atomic E-state index is -0.304. The molecule has 4 saturated carbocycles. The summed E-state index contributed by atoms with van der Waals surface area (Å²) in [5.41, 5.74) is 0.299. The normalized spacial score (nSPS) is 48.2. The fraction of sp³-hybridized carbons (Fsp3) is 0.966. The zero-order valence-electron chi connectivity index (χ0n) is 21.6. The molecule has 0 bridgehead atoms. The van der Waals surface area contributed by atoms with Crippen LogP contribution in [0.3, 0.4) is 0 Å². The number of aliphatic hydroxyl groups excluding tert-OH is 1. The van der Waals surface area contributed by atoms with Gasteiger partial charge in [-0.25, -0.2) is 0 Å².